The molecule has 3 rings (SSSR count). The minimum absolute atomic E-state index is 0.251. The molecule has 1 aliphatic heterocycles. The van der Waals surface area contributed by atoms with Crippen molar-refractivity contribution in [3.63, 3.8) is 0 Å². The standard InChI is InChI=1S/C11H9ClN2O/c12-14-5-6-15-11(14)10-7-8-3-1-2-4-9(8)13-10/h1-7,11,13H. The first kappa shape index (κ1) is 8.68. The fourth-order valence-corrected chi connectivity index (χ4v) is 1.94. The molecule has 1 aromatic carbocycles. The van der Waals surface area contributed by atoms with Gasteiger partial charge < -0.3 is 9.72 Å². The van der Waals surface area contributed by atoms with Gasteiger partial charge in [0.15, 0.2) is 0 Å². The molecule has 1 N–H and O–H groups in total. The Bertz CT molecular complexity index is 487. The van der Waals surface area contributed by atoms with Gasteiger partial charge in [-0.25, -0.2) is 4.42 Å². The zero-order valence-electron chi connectivity index (χ0n) is 7.85. The lowest BCUT2D eigenvalue weighted by Gasteiger charge is -2.14. The van der Waals surface area contributed by atoms with Crippen molar-refractivity contribution in [2.75, 3.05) is 0 Å². The summed E-state index contributed by atoms with van der Waals surface area (Å²) in [4.78, 5) is 3.28. The van der Waals surface area contributed by atoms with E-state index >= 15 is 0 Å². The third-order valence-corrected chi connectivity index (χ3v) is 2.74. The van der Waals surface area contributed by atoms with Crippen molar-refractivity contribution < 1.29 is 4.74 Å². The average Bonchev–Trinajstić information content (AvgIpc) is 2.82. The van der Waals surface area contributed by atoms with Crippen LogP contribution in [-0.4, -0.2) is 9.40 Å². The zero-order chi connectivity index (χ0) is 10.3. The first-order valence-electron chi connectivity index (χ1n) is 4.68. The van der Waals surface area contributed by atoms with Gasteiger partial charge in [-0.1, -0.05) is 18.2 Å². The van der Waals surface area contributed by atoms with Gasteiger partial charge >= 0.3 is 0 Å². The van der Waals surface area contributed by atoms with Crippen LogP contribution in [-0.2, 0) is 4.74 Å². The van der Waals surface area contributed by atoms with Crippen LogP contribution in [0.1, 0.15) is 11.9 Å². The van der Waals surface area contributed by atoms with E-state index in [0.717, 1.165) is 16.6 Å². The Labute approximate surface area is 92.0 Å². The second-order valence-electron chi connectivity index (χ2n) is 3.43. The van der Waals surface area contributed by atoms with Crippen LogP contribution >= 0.6 is 11.8 Å². The Hall–Kier alpha value is -1.61. The summed E-state index contributed by atoms with van der Waals surface area (Å²) in [7, 11) is 0. The van der Waals surface area contributed by atoms with Crippen molar-refractivity contribution in [2.24, 2.45) is 0 Å². The molecular weight excluding hydrogens is 212 g/mol. The van der Waals surface area contributed by atoms with Crippen molar-refractivity contribution in [1.29, 1.82) is 0 Å². The lowest BCUT2D eigenvalue weighted by molar-refractivity contribution is 0.102. The van der Waals surface area contributed by atoms with E-state index in [1.54, 1.807) is 12.5 Å². The molecule has 15 heavy (non-hydrogen) atoms. The summed E-state index contributed by atoms with van der Waals surface area (Å²) in [6.07, 6.45) is 3.03. The smallest absolute Gasteiger partial charge is 0.225 e. The van der Waals surface area contributed by atoms with E-state index in [4.69, 9.17) is 16.5 Å². The van der Waals surface area contributed by atoms with E-state index in [-0.39, 0.29) is 6.23 Å². The summed E-state index contributed by atoms with van der Waals surface area (Å²) in [6, 6.07) is 10.1. The van der Waals surface area contributed by atoms with Crippen LogP contribution in [0.5, 0.6) is 0 Å². The third-order valence-electron chi connectivity index (χ3n) is 2.45. The molecule has 4 heteroatoms. The van der Waals surface area contributed by atoms with E-state index in [2.05, 4.69) is 11.1 Å². The molecule has 1 atom stereocenters. The summed E-state index contributed by atoms with van der Waals surface area (Å²) in [6.45, 7) is 0. The van der Waals surface area contributed by atoms with Gasteiger partial charge in [0.05, 0.1) is 11.9 Å². The monoisotopic (exact) mass is 220 g/mol. The SMILES string of the molecule is ClN1C=COC1c1cc2ccccc2[nH]1. The number of aromatic amines is 1. The highest BCUT2D eigenvalue weighted by Crippen LogP contribution is 2.30. The summed E-state index contributed by atoms with van der Waals surface area (Å²) in [5.74, 6) is 0. The van der Waals surface area contributed by atoms with Crippen molar-refractivity contribution in [3.8, 4) is 0 Å². The first-order valence-corrected chi connectivity index (χ1v) is 5.02. The topological polar surface area (TPSA) is 28.3 Å². The molecule has 1 unspecified atom stereocenters. The maximum atomic E-state index is 5.94. The van der Waals surface area contributed by atoms with Gasteiger partial charge in [0.25, 0.3) is 0 Å². The molecule has 2 aromatic rings. The minimum Gasteiger partial charge on any atom is -0.469 e. The number of benzene rings is 1. The number of aromatic nitrogens is 1. The van der Waals surface area contributed by atoms with E-state index in [1.807, 2.05) is 24.3 Å². The number of rotatable bonds is 1. The highest BCUT2D eigenvalue weighted by Gasteiger charge is 2.22. The van der Waals surface area contributed by atoms with Gasteiger partial charge in [0.2, 0.25) is 6.23 Å². The summed E-state index contributed by atoms with van der Waals surface area (Å²) in [5, 5.41) is 1.16. The van der Waals surface area contributed by atoms with Crippen LogP contribution in [0.25, 0.3) is 10.9 Å². The average molecular weight is 221 g/mol. The molecule has 3 nitrogen and oxygen atoms in total. The van der Waals surface area contributed by atoms with E-state index < -0.39 is 0 Å². The molecule has 0 fully saturated rings. The number of halogens is 1. The fraction of sp³-hybridized carbons (Fsp3) is 0.0909. The number of nitrogens with zero attached hydrogens (tertiary/aromatic N) is 1. The van der Waals surface area contributed by atoms with Crippen molar-refractivity contribution in [3.05, 3.63) is 48.5 Å². The molecule has 0 saturated heterocycles. The first-order chi connectivity index (χ1) is 7.34. The van der Waals surface area contributed by atoms with Gasteiger partial charge in [-0.15, -0.1) is 0 Å². The highest BCUT2D eigenvalue weighted by molar-refractivity contribution is 6.14. The zero-order valence-corrected chi connectivity index (χ0v) is 8.61. The molecule has 0 amide bonds. The quantitative estimate of drug-likeness (QED) is 0.748. The molecule has 1 aliphatic rings. The van der Waals surface area contributed by atoms with Gasteiger partial charge in [-0.2, -0.15) is 0 Å². The van der Waals surface area contributed by atoms with Crippen LogP contribution in [0.3, 0.4) is 0 Å². The maximum absolute atomic E-state index is 5.94. The van der Waals surface area contributed by atoms with Crippen LogP contribution in [0.15, 0.2) is 42.8 Å². The van der Waals surface area contributed by atoms with Crippen LogP contribution in [0.4, 0.5) is 0 Å². The number of hydrogen-bond donors (Lipinski definition) is 1. The van der Waals surface area contributed by atoms with Crippen molar-refractivity contribution in [2.45, 2.75) is 6.23 Å². The third kappa shape index (κ3) is 1.36. The lowest BCUT2D eigenvalue weighted by atomic mass is 10.2. The molecule has 76 valence electrons. The Balaban J connectivity index is 2.05. The Morgan fingerprint density at radius 3 is 2.93 bits per heavy atom. The second kappa shape index (κ2) is 3.21. The van der Waals surface area contributed by atoms with Crippen LogP contribution in [0.2, 0.25) is 0 Å². The molecule has 0 spiro atoms. The summed E-state index contributed by atoms with van der Waals surface area (Å²) < 4.78 is 6.87. The molecular formula is C11H9ClN2O. The number of H-pyrrole nitrogens is 1. The molecule has 0 saturated carbocycles. The lowest BCUT2D eigenvalue weighted by Crippen LogP contribution is -2.10. The normalized spacial score (nSPS) is 19.8. The molecule has 2 heterocycles. The van der Waals surface area contributed by atoms with E-state index in [9.17, 15) is 0 Å². The Kier molecular flexibility index (Phi) is 1.86. The number of nitrogens with one attached hydrogen (secondary N) is 1. The Morgan fingerprint density at radius 1 is 1.33 bits per heavy atom. The largest absolute Gasteiger partial charge is 0.469 e. The summed E-state index contributed by atoms with van der Waals surface area (Å²) in [5.41, 5.74) is 2.05. The number of para-hydroxylation sites is 1. The van der Waals surface area contributed by atoms with Gasteiger partial charge in [-0.3, -0.25) is 0 Å². The predicted octanol–water partition coefficient (Wildman–Crippen LogP) is 3.12. The second-order valence-corrected chi connectivity index (χ2v) is 3.82. The molecule has 0 bridgehead atoms. The Morgan fingerprint density at radius 2 is 2.20 bits per heavy atom. The van der Waals surface area contributed by atoms with Gasteiger partial charge in [0.1, 0.15) is 6.26 Å². The van der Waals surface area contributed by atoms with Gasteiger partial charge in [0, 0.05) is 17.3 Å². The number of ether oxygens (including phenoxy) is 1. The van der Waals surface area contributed by atoms with Gasteiger partial charge in [-0.05, 0) is 17.5 Å². The molecule has 1 aromatic heterocycles. The van der Waals surface area contributed by atoms with Crippen LogP contribution < -0.4 is 0 Å². The van der Waals surface area contributed by atoms with Crippen molar-refractivity contribution in [1.82, 2.24) is 9.40 Å². The highest BCUT2D eigenvalue weighted by atomic mass is 35.5. The fourth-order valence-electron chi connectivity index (χ4n) is 1.74. The molecule has 0 radical (unpaired) electrons. The number of fused-ring (bicyclic) bond motifs is 1. The number of hydrogen-bond acceptors (Lipinski definition) is 2. The van der Waals surface area contributed by atoms with Crippen molar-refractivity contribution >= 4 is 22.7 Å². The maximum Gasteiger partial charge on any atom is 0.225 e. The van der Waals surface area contributed by atoms with Crippen LogP contribution in [0, 0.1) is 0 Å². The predicted molar refractivity (Wildman–Crippen MR) is 59.0 cm³/mol. The minimum atomic E-state index is -0.251. The summed E-state index contributed by atoms with van der Waals surface area (Å²) >= 11 is 5.94. The molecule has 0 aliphatic carbocycles. The van der Waals surface area contributed by atoms with E-state index in [1.165, 1.54) is 4.42 Å². The van der Waals surface area contributed by atoms with E-state index in [0.29, 0.717) is 0 Å².